The number of hydrogen-bond acceptors (Lipinski definition) is 5. The van der Waals surface area contributed by atoms with Gasteiger partial charge in [0.15, 0.2) is 0 Å². The SMILES string of the molecule is Cn1cnc(C2C=CC([C@H]3C[C@@H]3c3n[nH]c(=O)o3)=CC2)c1Sc1ccc(F)cc1F. The van der Waals surface area contributed by atoms with Crippen molar-refractivity contribution in [2.45, 2.75) is 34.6 Å². The third-order valence-corrected chi connectivity index (χ3v) is 6.72. The van der Waals surface area contributed by atoms with Crippen molar-refractivity contribution in [2.24, 2.45) is 13.0 Å². The van der Waals surface area contributed by atoms with Crippen molar-refractivity contribution in [1.82, 2.24) is 19.7 Å². The standard InChI is InChI=1S/C21H18F2N4O2S/c1-27-10-24-18(20(27)30-17-7-6-13(22)8-16(17)23)12-4-2-11(3-5-12)14-9-15(14)19-25-26-21(28)29-19/h2-4,6-8,10,12,14-15H,5,9H2,1H3,(H,26,28)/t12?,14-,15+/m1/s1. The van der Waals surface area contributed by atoms with Gasteiger partial charge in [-0.25, -0.2) is 23.7 Å². The fraction of sp³-hybridized carbons (Fsp3) is 0.286. The maximum atomic E-state index is 14.1. The highest BCUT2D eigenvalue weighted by molar-refractivity contribution is 7.99. The van der Waals surface area contributed by atoms with Gasteiger partial charge in [0.2, 0.25) is 5.89 Å². The molecule has 0 bridgehead atoms. The fourth-order valence-corrected chi connectivity index (χ4v) is 4.83. The summed E-state index contributed by atoms with van der Waals surface area (Å²) in [5.74, 6) is -0.728. The number of nitrogens with one attached hydrogen (secondary N) is 1. The van der Waals surface area contributed by atoms with Crippen LogP contribution in [0, 0.1) is 17.6 Å². The number of rotatable bonds is 5. The van der Waals surface area contributed by atoms with Crippen LogP contribution < -0.4 is 5.76 Å². The Morgan fingerprint density at radius 2 is 2.17 bits per heavy atom. The number of H-pyrrole nitrogens is 1. The Balaban J connectivity index is 1.31. The van der Waals surface area contributed by atoms with Crippen molar-refractivity contribution >= 4 is 11.8 Å². The molecule has 0 amide bonds. The van der Waals surface area contributed by atoms with Crippen LogP contribution in [0.4, 0.5) is 8.78 Å². The van der Waals surface area contributed by atoms with Gasteiger partial charge in [-0.3, -0.25) is 0 Å². The van der Waals surface area contributed by atoms with Crippen LogP contribution in [0.15, 0.2) is 67.5 Å². The van der Waals surface area contributed by atoms with Crippen molar-refractivity contribution in [3.05, 3.63) is 82.1 Å². The fourth-order valence-electron chi connectivity index (χ4n) is 3.83. The van der Waals surface area contributed by atoms with E-state index in [9.17, 15) is 13.6 Å². The Kier molecular flexibility index (Phi) is 4.69. The van der Waals surface area contributed by atoms with E-state index in [1.54, 1.807) is 6.33 Å². The molecule has 1 saturated carbocycles. The maximum absolute atomic E-state index is 14.1. The minimum absolute atomic E-state index is 0.0708. The highest BCUT2D eigenvalue weighted by Gasteiger charge is 2.44. The van der Waals surface area contributed by atoms with Crippen molar-refractivity contribution in [1.29, 1.82) is 0 Å². The first-order valence-corrected chi connectivity index (χ1v) is 10.4. The number of nitrogens with zero attached hydrogens (tertiary/aromatic N) is 3. The second-order valence-electron chi connectivity index (χ2n) is 7.53. The van der Waals surface area contributed by atoms with Crippen LogP contribution in [0.1, 0.15) is 36.3 Å². The van der Waals surface area contributed by atoms with Crippen molar-refractivity contribution in [3.63, 3.8) is 0 Å². The van der Waals surface area contributed by atoms with E-state index in [-0.39, 0.29) is 11.8 Å². The van der Waals surface area contributed by atoms with Gasteiger partial charge < -0.3 is 8.98 Å². The zero-order valence-corrected chi connectivity index (χ0v) is 16.8. The summed E-state index contributed by atoms with van der Waals surface area (Å²) in [7, 11) is 1.86. The van der Waals surface area contributed by atoms with Gasteiger partial charge in [0.25, 0.3) is 0 Å². The summed E-state index contributed by atoms with van der Waals surface area (Å²) in [5.41, 5.74) is 2.07. The average Bonchev–Trinajstić information content (AvgIpc) is 3.28. The smallest absolute Gasteiger partial charge is 0.392 e. The van der Waals surface area contributed by atoms with E-state index in [0.29, 0.717) is 16.7 Å². The van der Waals surface area contributed by atoms with Gasteiger partial charge in [0, 0.05) is 29.8 Å². The highest BCUT2D eigenvalue weighted by Crippen LogP contribution is 2.52. The van der Waals surface area contributed by atoms with Gasteiger partial charge in [-0.15, -0.1) is 5.10 Å². The first-order chi connectivity index (χ1) is 14.5. The molecule has 154 valence electrons. The lowest BCUT2D eigenvalue weighted by atomic mass is 9.92. The Bertz CT molecular complexity index is 1230. The quantitative estimate of drug-likeness (QED) is 0.656. The number of aryl methyl sites for hydroxylation is 1. The van der Waals surface area contributed by atoms with Crippen molar-refractivity contribution < 1.29 is 13.2 Å². The molecule has 2 aromatic heterocycles. The van der Waals surface area contributed by atoms with Crippen LogP contribution in [0.5, 0.6) is 0 Å². The van der Waals surface area contributed by atoms with E-state index < -0.39 is 17.4 Å². The van der Waals surface area contributed by atoms with E-state index in [0.717, 1.165) is 29.6 Å². The first-order valence-electron chi connectivity index (χ1n) is 9.57. The summed E-state index contributed by atoms with van der Waals surface area (Å²) >= 11 is 1.25. The molecule has 1 fully saturated rings. The summed E-state index contributed by atoms with van der Waals surface area (Å²) in [6.45, 7) is 0. The summed E-state index contributed by atoms with van der Waals surface area (Å²) in [5, 5.41) is 7.06. The third kappa shape index (κ3) is 3.54. The molecular formula is C21H18F2N4O2S. The summed E-state index contributed by atoms with van der Waals surface area (Å²) in [6.07, 6.45) is 9.77. The predicted molar refractivity (Wildman–Crippen MR) is 106 cm³/mol. The molecule has 30 heavy (non-hydrogen) atoms. The molecule has 0 spiro atoms. The maximum Gasteiger partial charge on any atom is 0.434 e. The predicted octanol–water partition coefficient (Wildman–Crippen LogP) is 4.30. The number of allylic oxidation sites excluding steroid dienone is 4. The molecule has 5 rings (SSSR count). The Morgan fingerprint density at radius 1 is 1.30 bits per heavy atom. The zero-order chi connectivity index (χ0) is 20.8. The van der Waals surface area contributed by atoms with Gasteiger partial charge in [0.05, 0.1) is 12.0 Å². The number of halogens is 2. The van der Waals surface area contributed by atoms with Crippen LogP contribution in [-0.4, -0.2) is 19.7 Å². The molecule has 0 saturated heterocycles. The summed E-state index contributed by atoms with van der Waals surface area (Å²) in [4.78, 5) is 16.0. The van der Waals surface area contributed by atoms with Crippen LogP contribution in [0.25, 0.3) is 0 Å². The lowest BCUT2D eigenvalue weighted by Gasteiger charge is -2.16. The van der Waals surface area contributed by atoms with E-state index in [1.165, 1.54) is 29.5 Å². The molecule has 2 aliphatic carbocycles. The Morgan fingerprint density at radius 3 is 2.87 bits per heavy atom. The average molecular weight is 428 g/mol. The van der Waals surface area contributed by atoms with Crippen LogP contribution >= 0.6 is 11.8 Å². The number of benzene rings is 1. The molecular weight excluding hydrogens is 410 g/mol. The van der Waals surface area contributed by atoms with E-state index in [1.807, 2.05) is 11.6 Å². The number of aromatic nitrogens is 4. The molecule has 2 heterocycles. The molecule has 1 aromatic carbocycles. The third-order valence-electron chi connectivity index (χ3n) is 5.48. The second kappa shape index (κ2) is 7.39. The van der Waals surface area contributed by atoms with Gasteiger partial charge in [-0.2, -0.15) is 0 Å². The van der Waals surface area contributed by atoms with Gasteiger partial charge in [-0.1, -0.05) is 30.0 Å². The molecule has 3 aromatic rings. The zero-order valence-electron chi connectivity index (χ0n) is 16.0. The Labute approximate surface area is 174 Å². The van der Waals surface area contributed by atoms with Crippen LogP contribution in [0.2, 0.25) is 0 Å². The number of aromatic amines is 1. The van der Waals surface area contributed by atoms with Gasteiger partial charge in [0.1, 0.15) is 16.7 Å². The van der Waals surface area contributed by atoms with Gasteiger partial charge >= 0.3 is 5.76 Å². The molecule has 2 aliphatic rings. The summed E-state index contributed by atoms with van der Waals surface area (Å²) in [6, 6.07) is 3.59. The minimum Gasteiger partial charge on any atom is -0.392 e. The molecule has 1 N–H and O–H groups in total. The number of imidazole rings is 1. The van der Waals surface area contributed by atoms with Gasteiger partial charge in [-0.05, 0) is 36.5 Å². The van der Waals surface area contributed by atoms with Crippen molar-refractivity contribution in [3.8, 4) is 0 Å². The first kappa shape index (κ1) is 19.0. The second-order valence-corrected chi connectivity index (χ2v) is 8.56. The highest BCUT2D eigenvalue weighted by atomic mass is 32.2. The molecule has 0 radical (unpaired) electrons. The Hall–Kier alpha value is -2.94. The minimum atomic E-state index is -0.595. The monoisotopic (exact) mass is 428 g/mol. The van der Waals surface area contributed by atoms with E-state index in [2.05, 4.69) is 33.4 Å². The van der Waals surface area contributed by atoms with Crippen molar-refractivity contribution in [2.75, 3.05) is 0 Å². The lowest BCUT2D eigenvalue weighted by molar-refractivity contribution is 0.460. The van der Waals surface area contributed by atoms with Crippen LogP contribution in [-0.2, 0) is 7.05 Å². The molecule has 0 aliphatic heterocycles. The van der Waals surface area contributed by atoms with E-state index in [4.69, 9.17) is 4.42 Å². The number of hydrogen-bond donors (Lipinski definition) is 1. The molecule has 9 heteroatoms. The molecule has 1 unspecified atom stereocenters. The molecule has 6 nitrogen and oxygen atoms in total. The topological polar surface area (TPSA) is 76.7 Å². The summed E-state index contributed by atoms with van der Waals surface area (Å²) < 4.78 is 34.3. The normalized spacial score (nSPS) is 22.9. The van der Waals surface area contributed by atoms with Crippen LogP contribution in [0.3, 0.4) is 0 Å². The van der Waals surface area contributed by atoms with E-state index >= 15 is 0 Å². The molecule has 3 atom stereocenters. The largest absolute Gasteiger partial charge is 0.434 e. The lowest BCUT2D eigenvalue weighted by Crippen LogP contribution is -2.03.